The fourth-order valence-electron chi connectivity index (χ4n) is 3.30. The highest BCUT2D eigenvalue weighted by Gasteiger charge is 2.44. The van der Waals surface area contributed by atoms with Crippen LogP contribution in [0.1, 0.15) is 23.2 Å². The Morgan fingerprint density at radius 2 is 2.41 bits per heavy atom. The fourth-order valence-corrected chi connectivity index (χ4v) is 3.93. The minimum absolute atomic E-state index is 0.0887. The predicted octanol–water partition coefficient (Wildman–Crippen LogP) is 1.70. The highest BCUT2D eigenvalue weighted by atomic mass is 32.1. The highest BCUT2D eigenvalue weighted by molar-refractivity contribution is 7.08. The molecule has 1 aromatic rings. The minimum atomic E-state index is -0.330. The Balaban J connectivity index is 1.69. The number of amides is 1. The van der Waals surface area contributed by atoms with Crippen LogP contribution in [0.15, 0.2) is 16.8 Å². The van der Waals surface area contributed by atoms with Gasteiger partial charge in [-0.2, -0.15) is 11.3 Å². The van der Waals surface area contributed by atoms with E-state index in [1.54, 1.807) is 11.3 Å². The summed E-state index contributed by atoms with van der Waals surface area (Å²) in [6.07, 6.45) is 2.22. The minimum Gasteiger partial charge on any atom is -0.377 e. The molecule has 1 aromatic heterocycles. The molecule has 0 aromatic carbocycles. The van der Waals surface area contributed by atoms with E-state index in [4.69, 9.17) is 9.47 Å². The zero-order valence-corrected chi connectivity index (χ0v) is 14.1. The molecule has 22 heavy (non-hydrogen) atoms. The number of ether oxygens (including phenoxy) is 2. The summed E-state index contributed by atoms with van der Waals surface area (Å²) < 4.78 is 12.1. The van der Waals surface area contributed by atoms with Gasteiger partial charge in [0.1, 0.15) is 5.60 Å². The monoisotopic (exact) mass is 324 g/mol. The number of carbonyl (C=O) groups excluding carboxylic acids is 1. The first-order valence-corrected chi connectivity index (χ1v) is 8.74. The lowest BCUT2D eigenvalue weighted by atomic mass is 10.00. The van der Waals surface area contributed by atoms with Gasteiger partial charge < -0.3 is 19.3 Å². The van der Waals surface area contributed by atoms with E-state index in [-0.39, 0.29) is 17.6 Å². The van der Waals surface area contributed by atoms with Crippen LogP contribution in [-0.2, 0) is 9.47 Å². The first-order valence-electron chi connectivity index (χ1n) is 7.80. The van der Waals surface area contributed by atoms with Crippen LogP contribution in [-0.4, -0.2) is 74.4 Å². The van der Waals surface area contributed by atoms with Crippen molar-refractivity contribution < 1.29 is 14.3 Å². The SMILES string of the molecule is CN(C)C[C@@H]1CC[C@@]2(COCCN(C(=O)c3ccsc3)C2)O1. The van der Waals surface area contributed by atoms with Crippen LogP contribution < -0.4 is 0 Å². The van der Waals surface area contributed by atoms with Gasteiger partial charge in [0.25, 0.3) is 5.91 Å². The van der Waals surface area contributed by atoms with E-state index in [0.717, 1.165) is 24.9 Å². The van der Waals surface area contributed by atoms with Crippen molar-refractivity contribution in [3.63, 3.8) is 0 Å². The Morgan fingerprint density at radius 3 is 3.14 bits per heavy atom. The molecule has 0 saturated carbocycles. The normalized spacial score (nSPS) is 29.2. The van der Waals surface area contributed by atoms with Crippen molar-refractivity contribution in [2.45, 2.75) is 24.5 Å². The largest absolute Gasteiger partial charge is 0.377 e. The van der Waals surface area contributed by atoms with E-state index in [1.165, 1.54) is 0 Å². The maximum atomic E-state index is 12.6. The molecule has 3 heterocycles. The molecule has 2 aliphatic rings. The van der Waals surface area contributed by atoms with E-state index >= 15 is 0 Å². The smallest absolute Gasteiger partial charge is 0.254 e. The van der Waals surface area contributed by atoms with Gasteiger partial charge in [-0.05, 0) is 38.4 Å². The molecule has 122 valence electrons. The van der Waals surface area contributed by atoms with Gasteiger partial charge in [-0.1, -0.05) is 0 Å². The maximum Gasteiger partial charge on any atom is 0.254 e. The predicted molar refractivity (Wildman–Crippen MR) is 86.4 cm³/mol. The maximum absolute atomic E-state index is 12.6. The summed E-state index contributed by atoms with van der Waals surface area (Å²) in [6.45, 7) is 3.35. The molecule has 2 aliphatic heterocycles. The summed E-state index contributed by atoms with van der Waals surface area (Å²) in [6, 6.07) is 1.88. The molecule has 2 saturated heterocycles. The Hall–Kier alpha value is -0.950. The van der Waals surface area contributed by atoms with E-state index in [2.05, 4.69) is 19.0 Å². The van der Waals surface area contributed by atoms with Gasteiger partial charge in [0.15, 0.2) is 0 Å². The van der Waals surface area contributed by atoms with Crippen LogP contribution >= 0.6 is 11.3 Å². The highest BCUT2D eigenvalue weighted by Crippen LogP contribution is 2.33. The quantitative estimate of drug-likeness (QED) is 0.849. The van der Waals surface area contributed by atoms with Gasteiger partial charge in [0.05, 0.1) is 31.4 Å². The zero-order chi connectivity index (χ0) is 15.6. The van der Waals surface area contributed by atoms with Crippen LogP contribution in [0, 0.1) is 0 Å². The second-order valence-electron chi connectivity index (χ2n) is 6.52. The van der Waals surface area contributed by atoms with Crippen LogP contribution in [0.4, 0.5) is 0 Å². The van der Waals surface area contributed by atoms with Crippen LogP contribution in [0.25, 0.3) is 0 Å². The molecule has 0 bridgehead atoms. The van der Waals surface area contributed by atoms with Gasteiger partial charge in [0, 0.05) is 18.5 Å². The average molecular weight is 324 g/mol. The summed E-state index contributed by atoms with van der Waals surface area (Å²) in [5.41, 5.74) is 0.438. The van der Waals surface area contributed by atoms with Crippen molar-refractivity contribution in [1.29, 1.82) is 0 Å². The molecule has 0 N–H and O–H groups in total. The van der Waals surface area contributed by atoms with Gasteiger partial charge in [-0.25, -0.2) is 0 Å². The molecule has 0 aliphatic carbocycles. The van der Waals surface area contributed by atoms with Crippen molar-refractivity contribution in [3.8, 4) is 0 Å². The lowest BCUT2D eigenvalue weighted by Gasteiger charge is -2.32. The third-order valence-electron chi connectivity index (χ3n) is 4.31. The van der Waals surface area contributed by atoms with Gasteiger partial charge in [-0.3, -0.25) is 4.79 Å². The molecule has 2 fully saturated rings. The number of hydrogen-bond acceptors (Lipinski definition) is 5. The Morgan fingerprint density at radius 1 is 1.55 bits per heavy atom. The van der Waals surface area contributed by atoms with Gasteiger partial charge in [0.2, 0.25) is 0 Å². The number of carbonyl (C=O) groups is 1. The summed E-state index contributed by atoms with van der Waals surface area (Å²) in [5.74, 6) is 0.0887. The first kappa shape index (κ1) is 15.9. The van der Waals surface area contributed by atoms with Crippen molar-refractivity contribution >= 4 is 17.2 Å². The number of nitrogens with zero attached hydrogens (tertiary/aromatic N) is 2. The van der Waals surface area contributed by atoms with E-state index in [0.29, 0.717) is 26.3 Å². The van der Waals surface area contributed by atoms with Crippen LogP contribution in [0.2, 0.25) is 0 Å². The average Bonchev–Trinajstić information content (AvgIpc) is 3.07. The molecule has 5 nitrogen and oxygen atoms in total. The van der Waals surface area contributed by atoms with Crippen molar-refractivity contribution in [3.05, 3.63) is 22.4 Å². The summed E-state index contributed by atoms with van der Waals surface area (Å²) in [4.78, 5) is 16.7. The molecule has 1 spiro atoms. The third kappa shape index (κ3) is 3.51. The summed E-state index contributed by atoms with van der Waals surface area (Å²) >= 11 is 1.55. The third-order valence-corrected chi connectivity index (χ3v) is 5.00. The second kappa shape index (κ2) is 6.66. The Kier molecular flexibility index (Phi) is 4.82. The lowest BCUT2D eigenvalue weighted by molar-refractivity contribution is -0.0878. The van der Waals surface area contributed by atoms with Crippen LogP contribution in [0.5, 0.6) is 0 Å². The Labute approximate surface area is 135 Å². The molecule has 2 atom stereocenters. The fraction of sp³-hybridized carbons (Fsp3) is 0.688. The van der Waals surface area contributed by atoms with E-state index < -0.39 is 0 Å². The van der Waals surface area contributed by atoms with E-state index in [9.17, 15) is 4.79 Å². The van der Waals surface area contributed by atoms with E-state index in [1.807, 2.05) is 21.7 Å². The zero-order valence-electron chi connectivity index (χ0n) is 13.3. The standard InChI is InChI=1S/C16H24N2O3S/c1-17(2)9-14-3-5-16(21-14)11-18(6-7-20-12-16)15(19)13-4-8-22-10-13/h4,8,10,14H,3,5-7,9,11-12H2,1-2H3/t14-,16+/m0/s1. The van der Waals surface area contributed by atoms with Crippen molar-refractivity contribution in [2.75, 3.05) is 46.9 Å². The molecular weight excluding hydrogens is 300 g/mol. The van der Waals surface area contributed by atoms with Crippen molar-refractivity contribution in [2.24, 2.45) is 0 Å². The molecular formula is C16H24N2O3S. The molecule has 3 rings (SSSR count). The van der Waals surface area contributed by atoms with Crippen LogP contribution in [0.3, 0.4) is 0 Å². The summed E-state index contributed by atoms with van der Waals surface area (Å²) in [7, 11) is 4.12. The molecule has 0 radical (unpaired) electrons. The number of thiophene rings is 1. The van der Waals surface area contributed by atoms with Gasteiger partial charge in [-0.15, -0.1) is 0 Å². The molecule has 1 amide bonds. The second-order valence-corrected chi connectivity index (χ2v) is 7.30. The number of likely N-dealkylation sites (N-methyl/N-ethyl adjacent to an activating group) is 1. The number of rotatable bonds is 3. The summed E-state index contributed by atoms with van der Waals surface area (Å²) in [5, 5.41) is 3.85. The Bertz CT molecular complexity index is 505. The lowest BCUT2D eigenvalue weighted by Crippen LogP contribution is -2.47. The van der Waals surface area contributed by atoms with Gasteiger partial charge >= 0.3 is 0 Å². The molecule has 0 unspecified atom stereocenters. The first-order chi connectivity index (χ1) is 10.6. The molecule has 6 heteroatoms. The number of hydrogen-bond donors (Lipinski definition) is 0. The topological polar surface area (TPSA) is 42.0 Å². The van der Waals surface area contributed by atoms with Crippen molar-refractivity contribution in [1.82, 2.24) is 9.80 Å².